The van der Waals surface area contributed by atoms with Crippen LogP contribution in [0, 0.1) is 12.7 Å². The number of aryl methyl sites for hydroxylation is 1. The van der Waals surface area contributed by atoms with E-state index < -0.39 is 36.4 Å². The third-order valence-electron chi connectivity index (χ3n) is 4.50. The Kier molecular flexibility index (Phi) is 7.72. The second-order valence-electron chi connectivity index (χ2n) is 7.08. The zero-order valence-electron chi connectivity index (χ0n) is 17.7. The topological polar surface area (TPSA) is 104 Å². The smallest absolute Gasteiger partial charge is 0.484 e. The van der Waals surface area contributed by atoms with E-state index in [-0.39, 0.29) is 24.4 Å². The summed E-state index contributed by atoms with van der Waals surface area (Å²) in [6, 6.07) is 8.93. The molecular formula is C22H19F4N3O4S. The number of amides is 2. The zero-order valence-corrected chi connectivity index (χ0v) is 18.6. The van der Waals surface area contributed by atoms with Crippen LogP contribution in [0.3, 0.4) is 0 Å². The third-order valence-corrected chi connectivity index (χ3v) is 5.56. The van der Waals surface area contributed by atoms with Gasteiger partial charge in [-0.15, -0.1) is 24.5 Å². The van der Waals surface area contributed by atoms with Crippen LogP contribution in [-0.4, -0.2) is 29.8 Å². The van der Waals surface area contributed by atoms with Gasteiger partial charge in [0.05, 0.1) is 6.54 Å². The van der Waals surface area contributed by atoms with Gasteiger partial charge >= 0.3 is 6.36 Å². The molecule has 34 heavy (non-hydrogen) atoms. The van der Waals surface area contributed by atoms with Gasteiger partial charge in [0, 0.05) is 11.3 Å². The number of alkyl halides is 3. The Hall–Kier alpha value is -3.67. The highest BCUT2D eigenvalue weighted by Crippen LogP contribution is 2.25. The van der Waals surface area contributed by atoms with E-state index in [0.717, 1.165) is 29.0 Å². The van der Waals surface area contributed by atoms with Gasteiger partial charge in [0.2, 0.25) is 0 Å². The number of rotatable bonds is 9. The van der Waals surface area contributed by atoms with Gasteiger partial charge < -0.3 is 20.5 Å². The third kappa shape index (κ3) is 7.17. The van der Waals surface area contributed by atoms with Crippen LogP contribution in [0.25, 0.3) is 0 Å². The molecule has 0 spiro atoms. The first-order valence-corrected chi connectivity index (χ1v) is 10.6. The van der Waals surface area contributed by atoms with Crippen molar-refractivity contribution in [1.82, 2.24) is 10.3 Å². The van der Waals surface area contributed by atoms with Crippen molar-refractivity contribution in [2.75, 3.05) is 6.61 Å². The highest BCUT2D eigenvalue weighted by molar-refractivity contribution is 7.12. The Morgan fingerprint density at radius 1 is 1.12 bits per heavy atom. The quantitative estimate of drug-likeness (QED) is 0.437. The Labute approximate surface area is 195 Å². The van der Waals surface area contributed by atoms with Crippen molar-refractivity contribution in [3.05, 3.63) is 75.0 Å². The second-order valence-corrected chi connectivity index (χ2v) is 8.24. The van der Waals surface area contributed by atoms with Crippen LogP contribution in [0.5, 0.6) is 11.5 Å². The summed E-state index contributed by atoms with van der Waals surface area (Å²) in [5, 5.41) is 2.99. The van der Waals surface area contributed by atoms with Crippen LogP contribution in [0.15, 0.2) is 42.5 Å². The number of thiazole rings is 1. The van der Waals surface area contributed by atoms with Crippen molar-refractivity contribution >= 4 is 23.2 Å². The fourth-order valence-electron chi connectivity index (χ4n) is 2.90. The lowest BCUT2D eigenvalue weighted by Crippen LogP contribution is -2.28. The van der Waals surface area contributed by atoms with Crippen molar-refractivity contribution < 1.29 is 36.6 Å². The number of nitrogens with two attached hydrogens (primary N) is 1. The van der Waals surface area contributed by atoms with E-state index in [1.54, 1.807) is 6.07 Å². The van der Waals surface area contributed by atoms with Crippen LogP contribution in [0.4, 0.5) is 17.6 Å². The van der Waals surface area contributed by atoms with Crippen LogP contribution < -0.4 is 20.5 Å². The molecule has 0 aliphatic heterocycles. The van der Waals surface area contributed by atoms with E-state index in [2.05, 4.69) is 15.0 Å². The van der Waals surface area contributed by atoms with Gasteiger partial charge in [-0.05, 0) is 54.4 Å². The minimum absolute atomic E-state index is 0.00632. The number of carbonyl (C=O) groups excluding carboxylic acids is 2. The minimum atomic E-state index is -4.80. The summed E-state index contributed by atoms with van der Waals surface area (Å²) >= 11 is 1.16. The van der Waals surface area contributed by atoms with Crippen LogP contribution >= 0.6 is 11.3 Å². The Morgan fingerprint density at radius 2 is 1.79 bits per heavy atom. The molecule has 12 heteroatoms. The molecule has 0 aliphatic carbocycles. The molecule has 2 aromatic carbocycles. The maximum atomic E-state index is 13.6. The zero-order chi connectivity index (χ0) is 24.9. The molecule has 3 rings (SSSR count). The first-order chi connectivity index (χ1) is 16.0. The molecule has 2 amide bonds. The molecule has 1 heterocycles. The molecule has 3 aromatic rings. The molecule has 0 fully saturated rings. The summed E-state index contributed by atoms with van der Waals surface area (Å²) in [5.74, 6) is -1.90. The van der Waals surface area contributed by atoms with Crippen LogP contribution in [-0.2, 0) is 17.8 Å². The summed E-state index contributed by atoms with van der Waals surface area (Å²) in [5.41, 5.74) is 6.99. The monoisotopic (exact) mass is 497 g/mol. The Bertz CT molecular complexity index is 1180. The van der Waals surface area contributed by atoms with Crippen molar-refractivity contribution in [2.24, 2.45) is 5.73 Å². The van der Waals surface area contributed by atoms with Gasteiger partial charge in [0.25, 0.3) is 11.8 Å². The standard InChI is InChI=1S/C22H19F4N3O4S/c1-12-2-3-14(23)8-13(12)9-17-20(21(27)31)29-19(34-17)10-28-18(30)11-32-15-4-6-16(7-5-15)33-22(24,25)26/h2-8H,9-11H2,1H3,(H2,27,31)(H,28,30). The summed E-state index contributed by atoms with van der Waals surface area (Å²) < 4.78 is 59.1. The fraction of sp³-hybridized carbons (Fsp3) is 0.227. The molecule has 0 saturated heterocycles. The number of hydrogen-bond acceptors (Lipinski definition) is 6. The lowest BCUT2D eigenvalue weighted by Gasteiger charge is -2.10. The van der Waals surface area contributed by atoms with Crippen molar-refractivity contribution in [1.29, 1.82) is 0 Å². The molecule has 1 aromatic heterocycles. The van der Waals surface area contributed by atoms with Crippen molar-refractivity contribution in [3.63, 3.8) is 0 Å². The molecule has 7 nitrogen and oxygen atoms in total. The summed E-state index contributed by atoms with van der Waals surface area (Å²) in [4.78, 5) is 28.6. The fourth-order valence-corrected chi connectivity index (χ4v) is 3.94. The highest BCUT2D eigenvalue weighted by Gasteiger charge is 2.31. The second kappa shape index (κ2) is 10.5. The van der Waals surface area contributed by atoms with E-state index in [4.69, 9.17) is 10.5 Å². The number of nitrogens with zero attached hydrogens (tertiary/aromatic N) is 1. The molecular weight excluding hydrogens is 478 g/mol. The maximum absolute atomic E-state index is 13.6. The summed E-state index contributed by atoms with van der Waals surface area (Å²) in [6.45, 7) is 1.41. The van der Waals surface area contributed by atoms with Crippen molar-refractivity contribution in [3.8, 4) is 11.5 Å². The number of carbonyl (C=O) groups is 2. The van der Waals surface area contributed by atoms with E-state index in [1.807, 2.05) is 6.92 Å². The highest BCUT2D eigenvalue weighted by atomic mass is 32.1. The summed E-state index contributed by atoms with van der Waals surface area (Å²) in [6.07, 6.45) is -4.55. The van der Waals surface area contributed by atoms with Gasteiger partial charge in [0.1, 0.15) is 28.0 Å². The average Bonchev–Trinajstić information content (AvgIpc) is 3.16. The molecule has 0 bridgehead atoms. The number of aromatic nitrogens is 1. The van der Waals surface area contributed by atoms with E-state index in [9.17, 15) is 27.2 Å². The summed E-state index contributed by atoms with van der Waals surface area (Å²) in [7, 11) is 0. The number of hydrogen-bond donors (Lipinski definition) is 2. The first kappa shape index (κ1) is 25.0. The number of nitrogens with one attached hydrogen (secondary N) is 1. The SMILES string of the molecule is Cc1ccc(F)cc1Cc1sc(CNC(=O)COc2ccc(OC(F)(F)F)cc2)nc1C(N)=O. The van der Waals surface area contributed by atoms with Crippen LogP contribution in [0.1, 0.15) is 31.5 Å². The Balaban J connectivity index is 1.56. The van der Waals surface area contributed by atoms with E-state index in [1.165, 1.54) is 24.3 Å². The van der Waals surface area contributed by atoms with E-state index >= 15 is 0 Å². The predicted molar refractivity (Wildman–Crippen MR) is 115 cm³/mol. The predicted octanol–water partition coefficient (Wildman–Crippen LogP) is 3.87. The lowest BCUT2D eigenvalue weighted by molar-refractivity contribution is -0.274. The van der Waals surface area contributed by atoms with Gasteiger partial charge in [-0.25, -0.2) is 9.37 Å². The van der Waals surface area contributed by atoms with E-state index in [0.29, 0.717) is 15.4 Å². The average molecular weight is 497 g/mol. The molecule has 3 N–H and O–H groups in total. The Morgan fingerprint density at radius 3 is 2.44 bits per heavy atom. The molecule has 0 atom stereocenters. The molecule has 0 radical (unpaired) electrons. The molecule has 180 valence electrons. The molecule has 0 saturated carbocycles. The maximum Gasteiger partial charge on any atom is 0.573 e. The lowest BCUT2D eigenvalue weighted by atomic mass is 10.0. The van der Waals surface area contributed by atoms with Crippen LogP contribution in [0.2, 0.25) is 0 Å². The molecule has 0 aliphatic rings. The number of ether oxygens (including phenoxy) is 2. The largest absolute Gasteiger partial charge is 0.573 e. The minimum Gasteiger partial charge on any atom is -0.484 e. The van der Waals surface area contributed by atoms with Gasteiger partial charge in [-0.1, -0.05) is 6.07 Å². The first-order valence-electron chi connectivity index (χ1n) is 9.79. The number of benzene rings is 2. The number of halogens is 4. The van der Waals surface area contributed by atoms with Gasteiger partial charge in [0.15, 0.2) is 6.61 Å². The van der Waals surface area contributed by atoms with Crippen molar-refractivity contribution in [2.45, 2.75) is 26.3 Å². The number of primary amides is 1. The van der Waals surface area contributed by atoms with Gasteiger partial charge in [-0.2, -0.15) is 0 Å². The molecule has 0 unspecified atom stereocenters. The normalized spacial score (nSPS) is 11.2. The van der Waals surface area contributed by atoms with Gasteiger partial charge in [-0.3, -0.25) is 9.59 Å².